The normalized spacial score (nSPS) is 16.4. The third-order valence-electron chi connectivity index (χ3n) is 10.7. The number of cyclic esters (lactones) is 1. The summed E-state index contributed by atoms with van der Waals surface area (Å²) in [4.78, 5) is 75.6. The molecular weight excluding hydrogens is 795 g/mol. The number of pyridine rings is 2. The van der Waals surface area contributed by atoms with Crippen molar-refractivity contribution in [1.29, 1.82) is 0 Å². The number of guanidine groups is 1. The molecule has 0 fully saturated rings. The third-order valence-corrected chi connectivity index (χ3v) is 10.7. The lowest BCUT2D eigenvalue weighted by Gasteiger charge is -2.31. The van der Waals surface area contributed by atoms with E-state index in [-0.39, 0.29) is 79.6 Å². The quantitative estimate of drug-likeness (QED) is 0.0421. The van der Waals surface area contributed by atoms with Gasteiger partial charge >= 0.3 is 12.1 Å². The summed E-state index contributed by atoms with van der Waals surface area (Å²) < 4.78 is 46.4. The molecule has 0 saturated heterocycles. The Morgan fingerprint density at radius 2 is 1.74 bits per heavy atom. The number of nitrogens with one attached hydrogen (secondary N) is 3. The van der Waals surface area contributed by atoms with Gasteiger partial charge in [-0.1, -0.05) is 46.8 Å². The van der Waals surface area contributed by atoms with E-state index >= 15 is 0 Å². The number of esters is 1. The first kappa shape index (κ1) is 44.1. The van der Waals surface area contributed by atoms with Crippen LogP contribution >= 0.6 is 0 Å². The summed E-state index contributed by atoms with van der Waals surface area (Å²) >= 11 is 0. The molecule has 2 aromatic heterocycles. The fourth-order valence-corrected chi connectivity index (χ4v) is 7.53. The molecule has 18 heteroatoms. The zero-order chi connectivity index (χ0) is 44.2. The fraction of sp³-hybridized carbons (Fsp3) is 0.419. The number of hydrogen-bond donors (Lipinski definition) is 5. The summed E-state index contributed by atoms with van der Waals surface area (Å²) in [7, 11) is 0. The molecule has 0 radical (unpaired) electrons. The summed E-state index contributed by atoms with van der Waals surface area (Å²) in [5, 5.41) is 9.30. The highest BCUT2D eigenvalue weighted by Crippen LogP contribution is 2.42. The summed E-state index contributed by atoms with van der Waals surface area (Å²) in [6, 6.07) is 10.4. The average Bonchev–Trinajstić information content (AvgIpc) is 3.49. The summed E-state index contributed by atoms with van der Waals surface area (Å²) in [5.74, 6) is -3.68. The molecule has 0 spiro atoms. The van der Waals surface area contributed by atoms with Gasteiger partial charge in [0.15, 0.2) is 23.2 Å². The number of ether oxygens (including phenoxy) is 3. The lowest BCUT2D eigenvalue weighted by Crippen LogP contribution is -2.54. The Balaban J connectivity index is 1.15. The van der Waals surface area contributed by atoms with Crippen molar-refractivity contribution >= 4 is 46.5 Å². The SMILES string of the molecule is CC[C@@]1(OC(=O)OCc2ccc(NC(=O)[C@H](CCCN=C(N)N)NC(=O)[C@@H](NC(C)C)C(C)C)cc2)CC(=O)OCc2c1cc1n(c2=O)Cc2cc3cc(F)c(F)cc3nc2-1. The van der Waals surface area contributed by atoms with Crippen molar-refractivity contribution in [3.05, 3.63) is 92.8 Å². The van der Waals surface area contributed by atoms with Gasteiger partial charge in [0.2, 0.25) is 11.8 Å². The second-order valence-corrected chi connectivity index (χ2v) is 15.8. The number of rotatable bonds is 15. The van der Waals surface area contributed by atoms with Crippen LogP contribution < -0.4 is 33.0 Å². The van der Waals surface area contributed by atoms with Gasteiger partial charge in [0.05, 0.1) is 41.5 Å². The van der Waals surface area contributed by atoms with Gasteiger partial charge in [-0.25, -0.2) is 18.6 Å². The van der Waals surface area contributed by atoms with Gasteiger partial charge < -0.3 is 46.2 Å². The number of hydrogen-bond acceptors (Lipinski definition) is 11. The minimum atomic E-state index is -1.66. The molecule has 4 aromatic rings. The van der Waals surface area contributed by atoms with Crippen LogP contribution in [0.3, 0.4) is 0 Å². The molecule has 0 saturated carbocycles. The molecule has 6 rings (SSSR count). The van der Waals surface area contributed by atoms with Crippen molar-refractivity contribution in [3.8, 4) is 11.4 Å². The van der Waals surface area contributed by atoms with E-state index in [0.717, 1.165) is 12.1 Å². The van der Waals surface area contributed by atoms with Gasteiger partial charge in [-0.2, -0.15) is 0 Å². The van der Waals surface area contributed by atoms with E-state index in [9.17, 15) is 32.8 Å². The predicted octanol–water partition coefficient (Wildman–Crippen LogP) is 4.61. The summed E-state index contributed by atoms with van der Waals surface area (Å²) in [6.45, 7) is 9.12. The molecule has 2 amide bonds. The molecule has 0 aliphatic carbocycles. The molecule has 2 aromatic carbocycles. The Labute approximate surface area is 350 Å². The van der Waals surface area contributed by atoms with Crippen LogP contribution in [0.2, 0.25) is 0 Å². The van der Waals surface area contributed by atoms with E-state index in [1.165, 1.54) is 4.57 Å². The monoisotopic (exact) mass is 844 g/mol. The van der Waals surface area contributed by atoms with Crippen molar-refractivity contribution < 1.29 is 42.2 Å². The first-order valence-electron chi connectivity index (χ1n) is 20.1. The Kier molecular flexibility index (Phi) is 13.4. The third kappa shape index (κ3) is 9.96. The van der Waals surface area contributed by atoms with E-state index in [1.807, 2.05) is 27.7 Å². The molecule has 3 atom stereocenters. The Morgan fingerprint density at radius 1 is 1.02 bits per heavy atom. The molecule has 7 N–H and O–H groups in total. The maximum Gasteiger partial charge on any atom is 0.509 e. The van der Waals surface area contributed by atoms with E-state index in [1.54, 1.807) is 43.3 Å². The van der Waals surface area contributed by atoms with E-state index in [4.69, 9.17) is 25.7 Å². The number of aliphatic imine (C=N–C) groups is 1. The van der Waals surface area contributed by atoms with Gasteiger partial charge in [0.1, 0.15) is 19.3 Å². The molecule has 2 aliphatic rings. The van der Waals surface area contributed by atoms with Crippen LogP contribution in [0, 0.1) is 17.6 Å². The lowest BCUT2D eigenvalue weighted by atomic mass is 9.85. The molecule has 4 heterocycles. The number of nitrogens with zero attached hydrogens (tertiary/aromatic N) is 3. The molecule has 0 unspecified atom stereocenters. The molecule has 61 heavy (non-hydrogen) atoms. The standard InChI is InChI=1S/C43H50F2N8O8/c1-6-43(18-35(54)59-21-28-29(43)16-34-37-26(19-53(34)40(28)57)14-25-15-30(44)31(45)17-33(25)51-37)61-42(58)60-20-24-9-11-27(12-10-24)50-38(55)32(8-7-13-48-41(46)47)52-39(56)36(22(2)3)49-23(4)5/h9-12,14-17,22-23,32,36,49H,6-8,13,18-21H2,1-5H3,(H,50,55)(H,52,56)(H4,46,47,48)/t32-,36-,43+/m0/s1. The van der Waals surface area contributed by atoms with Crippen molar-refractivity contribution in [2.75, 3.05) is 11.9 Å². The van der Waals surface area contributed by atoms with E-state index in [0.29, 0.717) is 40.0 Å². The number of nitrogens with two attached hydrogens (primary N) is 2. The van der Waals surface area contributed by atoms with Gasteiger partial charge in [-0.3, -0.25) is 24.2 Å². The van der Waals surface area contributed by atoms with Crippen molar-refractivity contribution in [2.45, 2.75) is 104 Å². The smallest absolute Gasteiger partial charge is 0.460 e. The molecular formula is C43H50F2N8O8. The summed E-state index contributed by atoms with van der Waals surface area (Å²) in [6.07, 6.45) is -0.780. The highest BCUT2D eigenvalue weighted by molar-refractivity contribution is 5.98. The van der Waals surface area contributed by atoms with Crippen LogP contribution in [-0.2, 0) is 54.0 Å². The highest BCUT2D eigenvalue weighted by atomic mass is 19.2. The Bertz CT molecular complexity index is 2430. The number of carbonyl (C=O) groups is 4. The maximum atomic E-state index is 14.1. The second kappa shape index (κ2) is 18.5. The van der Waals surface area contributed by atoms with Gasteiger partial charge in [-0.05, 0) is 61.1 Å². The van der Waals surface area contributed by atoms with Gasteiger partial charge in [0, 0.05) is 40.9 Å². The fourth-order valence-electron chi connectivity index (χ4n) is 7.53. The minimum Gasteiger partial charge on any atom is -0.460 e. The van der Waals surface area contributed by atoms with Crippen LogP contribution in [0.5, 0.6) is 0 Å². The van der Waals surface area contributed by atoms with Crippen molar-refractivity contribution in [2.24, 2.45) is 22.4 Å². The topological polar surface area (TPSA) is 231 Å². The Hall–Kier alpha value is -6.43. The predicted molar refractivity (Wildman–Crippen MR) is 222 cm³/mol. The molecule has 324 valence electrons. The van der Waals surface area contributed by atoms with Crippen LogP contribution in [0.25, 0.3) is 22.3 Å². The zero-order valence-electron chi connectivity index (χ0n) is 34.6. The molecule has 2 aliphatic heterocycles. The number of anilines is 1. The van der Waals surface area contributed by atoms with E-state index < -0.39 is 59.3 Å². The average molecular weight is 845 g/mol. The highest BCUT2D eigenvalue weighted by Gasteiger charge is 2.45. The summed E-state index contributed by atoms with van der Waals surface area (Å²) in [5.41, 5.74) is 11.5. The van der Waals surface area contributed by atoms with Crippen LogP contribution in [0.1, 0.15) is 82.6 Å². The largest absolute Gasteiger partial charge is 0.509 e. The number of halogens is 2. The van der Waals surface area contributed by atoms with Crippen molar-refractivity contribution in [1.82, 2.24) is 20.2 Å². The Morgan fingerprint density at radius 3 is 2.41 bits per heavy atom. The second-order valence-electron chi connectivity index (χ2n) is 15.8. The van der Waals surface area contributed by atoms with Gasteiger partial charge in [-0.15, -0.1) is 0 Å². The lowest BCUT2D eigenvalue weighted by molar-refractivity contribution is -0.150. The van der Waals surface area contributed by atoms with Crippen LogP contribution in [-0.4, -0.2) is 64.1 Å². The number of carbonyl (C=O) groups excluding carboxylic acids is 4. The van der Waals surface area contributed by atoms with Crippen LogP contribution in [0.15, 0.2) is 58.3 Å². The number of amides is 2. The minimum absolute atomic E-state index is 0.0345. The van der Waals surface area contributed by atoms with Gasteiger partial charge in [0.25, 0.3) is 5.56 Å². The first-order chi connectivity index (χ1) is 29.0. The first-order valence-corrected chi connectivity index (χ1v) is 20.1. The molecule has 16 nitrogen and oxygen atoms in total. The number of fused-ring (bicyclic) bond motifs is 5. The van der Waals surface area contributed by atoms with Crippen molar-refractivity contribution in [3.63, 3.8) is 0 Å². The maximum absolute atomic E-state index is 14.1. The number of aromatic nitrogens is 2. The van der Waals surface area contributed by atoms with Crippen LogP contribution in [0.4, 0.5) is 19.3 Å². The molecule has 0 bridgehead atoms. The number of benzene rings is 2. The zero-order valence-corrected chi connectivity index (χ0v) is 34.6. The van der Waals surface area contributed by atoms with E-state index in [2.05, 4.69) is 25.9 Å².